The van der Waals surface area contributed by atoms with E-state index in [0.717, 1.165) is 32.6 Å². The third kappa shape index (κ3) is 1.98. The van der Waals surface area contributed by atoms with Crippen LogP contribution in [-0.4, -0.2) is 48.8 Å². The van der Waals surface area contributed by atoms with E-state index < -0.39 is 0 Å². The molecule has 1 N–H and O–H groups in total. The molecule has 1 fully saturated rings. The zero-order chi connectivity index (χ0) is 11.8. The highest BCUT2D eigenvalue weighted by Crippen LogP contribution is 2.38. The first-order valence-electron chi connectivity index (χ1n) is 6.17. The molecule has 0 aliphatic carbocycles. The van der Waals surface area contributed by atoms with Gasteiger partial charge in [-0.1, -0.05) is 22.0 Å². The Bertz CT molecular complexity index is 424. The molecule has 1 aromatic carbocycles. The minimum atomic E-state index is 0.267. The fourth-order valence-corrected chi connectivity index (χ4v) is 3.53. The van der Waals surface area contributed by atoms with Crippen LogP contribution in [0.2, 0.25) is 0 Å². The van der Waals surface area contributed by atoms with Gasteiger partial charge in [0, 0.05) is 42.4 Å². The lowest BCUT2D eigenvalue weighted by molar-refractivity contribution is 0.173. The average Bonchev–Trinajstić information content (AvgIpc) is 2.69. The minimum Gasteiger partial charge on any atom is -0.395 e. The molecule has 3 nitrogen and oxygen atoms in total. The van der Waals surface area contributed by atoms with Gasteiger partial charge in [0.15, 0.2) is 0 Å². The fraction of sp³-hybridized carbons (Fsp3) is 0.538. The van der Waals surface area contributed by atoms with E-state index in [1.54, 1.807) is 0 Å². The zero-order valence-corrected chi connectivity index (χ0v) is 11.4. The molecule has 0 bridgehead atoms. The maximum absolute atomic E-state index is 9.01. The minimum absolute atomic E-state index is 0.267. The number of benzene rings is 1. The van der Waals surface area contributed by atoms with Crippen molar-refractivity contribution >= 4 is 21.6 Å². The monoisotopic (exact) mass is 296 g/mol. The standard InChI is InChI=1S/C13H17BrN2O/c14-12-2-1-3-13-11(12)8-10-9-15(6-7-17)4-5-16(10)13/h1-3,10,17H,4-9H2/t10-/m1/s1. The first kappa shape index (κ1) is 11.5. The van der Waals surface area contributed by atoms with Crippen molar-refractivity contribution in [3.63, 3.8) is 0 Å². The van der Waals surface area contributed by atoms with E-state index in [2.05, 4.69) is 43.9 Å². The summed E-state index contributed by atoms with van der Waals surface area (Å²) in [4.78, 5) is 4.88. The molecule has 1 saturated heterocycles. The van der Waals surface area contributed by atoms with Gasteiger partial charge in [-0.05, 0) is 24.1 Å². The van der Waals surface area contributed by atoms with Gasteiger partial charge in [-0.3, -0.25) is 4.90 Å². The largest absolute Gasteiger partial charge is 0.395 e. The molecule has 0 aromatic heterocycles. The Morgan fingerprint density at radius 3 is 3.06 bits per heavy atom. The molecule has 0 radical (unpaired) electrons. The highest BCUT2D eigenvalue weighted by atomic mass is 79.9. The smallest absolute Gasteiger partial charge is 0.0558 e. The summed E-state index contributed by atoms with van der Waals surface area (Å²) in [5.41, 5.74) is 2.84. The van der Waals surface area contributed by atoms with Crippen LogP contribution >= 0.6 is 15.9 Å². The van der Waals surface area contributed by atoms with Crippen molar-refractivity contribution in [3.05, 3.63) is 28.2 Å². The Kier molecular flexibility index (Phi) is 3.11. The second kappa shape index (κ2) is 4.59. The van der Waals surface area contributed by atoms with Gasteiger partial charge in [0.05, 0.1) is 6.61 Å². The highest BCUT2D eigenvalue weighted by Gasteiger charge is 2.34. The zero-order valence-electron chi connectivity index (χ0n) is 9.77. The van der Waals surface area contributed by atoms with Crippen LogP contribution in [-0.2, 0) is 6.42 Å². The molecular formula is C13H17BrN2O. The van der Waals surface area contributed by atoms with Crippen molar-refractivity contribution in [3.8, 4) is 0 Å². The van der Waals surface area contributed by atoms with Crippen LogP contribution in [0.5, 0.6) is 0 Å². The van der Waals surface area contributed by atoms with Crippen molar-refractivity contribution < 1.29 is 5.11 Å². The molecule has 92 valence electrons. The van der Waals surface area contributed by atoms with Crippen molar-refractivity contribution in [2.24, 2.45) is 0 Å². The third-order valence-electron chi connectivity index (χ3n) is 3.83. The number of halogens is 1. The van der Waals surface area contributed by atoms with Crippen LogP contribution < -0.4 is 4.90 Å². The summed E-state index contributed by atoms with van der Waals surface area (Å²) in [7, 11) is 0. The van der Waals surface area contributed by atoms with Crippen molar-refractivity contribution in [1.82, 2.24) is 4.90 Å². The lowest BCUT2D eigenvalue weighted by Crippen LogP contribution is -2.52. The highest BCUT2D eigenvalue weighted by molar-refractivity contribution is 9.10. The van der Waals surface area contributed by atoms with Gasteiger partial charge >= 0.3 is 0 Å². The van der Waals surface area contributed by atoms with Crippen LogP contribution in [0.4, 0.5) is 5.69 Å². The fourth-order valence-electron chi connectivity index (χ4n) is 3.01. The second-order valence-electron chi connectivity index (χ2n) is 4.81. The van der Waals surface area contributed by atoms with Gasteiger partial charge in [-0.25, -0.2) is 0 Å². The van der Waals surface area contributed by atoms with Crippen molar-refractivity contribution in [2.75, 3.05) is 37.7 Å². The van der Waals surface area contributed by atoms with Crippen molar-refractivity contribution in [2.45, 2.75) is 12.5 Å². The van der Waals surface area contributed by atoms with Crippen LogP contribution in [0.15, 0.2) is 22.7 Å². The molecule has 2 aliphatic heterocycles. The van der Waals surface area contributed by atoms with Gasteiger partial charge in [-0.2, -0.15) is 0 Å². The van der Waals surface area contributed by atoms with Gasteiger partial charge in [0.25, 0.3) is 0 Å². The molecular weight excluding hydrogens is 280 g/mol. The van der Waals surface area contributed by atoms with E-state index in [4.69, 9.17) is 5.11 Å². The summed E-state index contributed by atoms with van der Waals surface area (Å²) >= 11 is 3.65. The second-order valence-corrected chi connectivity index (χ2v) is 5.67. The third-order valence-corrected chi connectivity index (χ3v) is 4.57. The number of aliphatic hydroxyl groups is 1. The number of hydrogen-bond acceptors (Lipinski definition) is 3. The first-order chi connectivity index (χ1) is 8.29. The Morgan fingerprint density at radius 2 is 2.24 bits per heavy atom. The predicted molar refractivity (Wildman–Crippen MR) is 72.5 cm³/mol. The molecule has 1 aromatic rings. The van der Waals surface area contributed by atoms with Crippen LogP contribution in [0.3, 0.4) is 0 Å². The molecule has 0 spiro atoms. The van der Waals surface area contributed by atoms with Gasteiger partial charge in [0.2, 0.25) is 0 Å². The maximum atomic E-state index is 9.01. The van der Waals surface area contributed by atoms with E-state index in [1.807, 2.05) is 0 Å². The molecule has 0 saturated carbocycles. The Morgan fingerprint density at radius 1 is 1.35 bits per heavy atom. The molecule has 2 heterocycles. The topological polar surface area (TPSA) is 26.7 Å². The molecule has 0 unspecified atom stereocenters. The lowest BCUT2D eigenvalue weighted by atomic mass is 10.1. The molecule has 3 rings (SSSR count). The molecule has 4 heteroatoms. The normalized spacial score (nSPS) is 23.6. The van der Waals surface area contributed by atoms with E-state index >= 15 is 0 Å². The van der Waals surface area contributed by atoms with Gasteiger partial charge in [0.1, 0.15) is 0 Å². The number of fused-ring (bicyclic) bond motifs is 3. The van der Waals surface area contributed by atoms with E-state index in [0.29, 0.717) is 6.04 Å². The molecule has 1 atom stereocenters. The maximum Gasteiger partial charge on any atom is 0.0558 e. The molecule has 0 amide bonds. The summed E-state index contributed by atoms with van der Waals surface area (Å²) < 4.78 is 1.23. The van der Waals surface area contributed by atoms with E-state index in [9.17, 15) is 0 Å². The summed E-state index contributed by atoms with van der Waals surface area (Å²) in [5, 5.41) is 9.01. The summed E-state index contributed by atoms with van der Waals surface area (Å²) in [6, 6.07) is 7.06. The number of β-amino-alcohol motifs (C(OH)–C–C–N with tert-alkyl or cyclic N) is 1. The summed E-state index contributed by atoms with van der Waals surface area (Å²) in [5.74, 6) is 0. The summed E-state index contributed by atoms with van der Waals surface area (Å²) in [6.45, 7) is 4.28. The Hall–Kier alpha value is -0.580. The number of nitrogens with zero attached hydrogens (tertiary/aromatic N) is 2. The van der Waals surface area contributed by atoms with Crippen LogP contribution in [0.25, 0.3) is 0 Å². The SMILES string of the molecule is OCCN1CCN2c3cccc(Br)c3C[C@@H]2C1. The molecule has 2 aliphatic rings. The quantitative estimate of drug-likeness (QED) is 0.896. The summed E-state index contributed by atoms with van der Waals surface area (Å²) in [6.07, 6.45) is 1.12. The number of piperazine rings is 1. The van der Waals surface area contributed by atoms with Crippen LogP contribution in [0, 0.1) is 0 Å². The van der Waals surface area contributed by atoms with E-state index in [1.165, 1.54) is 15.7 Å². The number of rotatable bonds is 2. The van der Waals surface area contributed by atoms with Crippen LogP contribution in [0.1, 0.15) is 5.56 Å². The Labute approximate surface area is 110 Å². The molecule has 17 heavy (non-hydrogen) atoms. The lowest BCUT2D eigenvalue weighted by Gasteiger charge is -2.38. The van der Waals surface area contributed by atoms with Gasteiger partial charge < -0.3 is 10.0 Å². The number of hydrogen-bond donors (Lipinski definition) is 1. The Balaban J connectivity index is 1.82. The number of anilines is 1. The average molecular weight is 297 g/mol. The number of aliphatic hydroxyl groups excluding tert-OH is 1. The predicted octanol–water partition coefficient (Wildman–Crippen LogP) is 1.49. The first-order valence-corrected chi connectivity index (χ1v) is 6.96. The van der Waals surface area contributed by atoms with Crippen molar-refractivity contribution in [1.29, 1.82) is 0 Å². The van der Waals surface area contributed by atoms with Gasteiger partial charge in [-0.15, -0.1) is 0 Å². The van der Waals surface area contributed by atoms with E-state index in [-0.39, 0.29) is 6.61 Å².